The molecule has 0 atom stereocenters. The summed E-state index contributed by atoms with van der Waals surface area (Å²) < 4.78 is 1.50. The minimum Gasteiger partial charge on any atom is -0.395 e. The summed E-state index contributed by atoms with van der Waals surface area (Å²) >= 11 is 0. The van der Waals surface area contributed by atoms with Gasteiger partial charge in [0.1, 0.15) is 0 Å². The number of hydrogen-bond donors (Lipinski definition) is 3. The molecule has 18 heavy (non-hydrogen) atoms. The van der Waals surface area contributed by atoms with E-state index in [0.29, 0.717) is 18.4 Å². The lowest BCUT2D eigenvalue weighted by atomic mass is 10.6. The lowest BCUT2D eigenvalue weighted by Gasteiger charge is -2.16. The van der Waals surface area contributed by atoms with E-state index in [9.17, 15) is 0 Å². The van der Waals surface area contributed by atoms with Crippen LogP contribution in [0.1, 0.15) is 0 Å². The second-order valence-electron chi connectivity index (χ2n) is 3.50. The maximum atomic E-state index is 8.91. The van der Waals surface area contributed by atoms with E-state index in [1.165, 1.54) is 4.68 Å². The highest BCUT2D eigenvalue weighted by Crippen LogP contribution is 2.10. The average Bonchev–Trinajstić information content (AvgIpc) is 2.92. The third kappa shape index (κ3) is 2.52. The van der Waals surface area contributed by atoms with Crippen molar-refractivity contribution in [2.45, 2.75) is 0 Å². The number of nitrogens with two attached hydrogens (primary N) is 1. The first kappa shape index (κ1) is 12.2. The Balaban J connectivity index is 2.39. The van der Waals surface area contributed by atoms with E-state index in [0.717, 1.165) is 0 Å². The van der Waals surface area contributed by atoms with E-state index >= 15 is 0 Å². The molecule has 0 spiro atoms. The van der Waals surface area contributed by atoms with Crippen molar-refractivity contribution in [1.29, 1.82) is 0 Å². The van der Waals surface area contributed by atoms with E-state index in [1.54, 1.807) is 30.4 Å². The zero-order valence-electron chi connectivity index (χ0n) is 9.85. The highest BCUT2D eigenvalue weighted by atomic mass is 16.3. The van der Waals surface area contributed by atoms with Crippen molar-refractivity contribution in [1.82, 2.24) is 24.7 Å². The standard InChI is InChI=1S/C9H14N8O/c1-16(5-6-18)8-12-7(15-10)13-9(14-8)17-4-2-3-11-17/h2-4,18H,5-6,10H2,1H3,(H,12,13,14,15). The molecule has 0 aliphatic carbocycles. The molecule has 4 N–H and O–H groups in total. The van der Waals surface area contributed by atoms with E-state index in [1.807, 2.05) is 0 Å². The van der Waals surface area contributed by atoms with Gasteiger partial charge in [-0.3, -0.25) is 5.43 Å². The third-order valence-electron chi connectivity index (χ3n) is 2.23. The Morgan fingerprint density at radius 1 is 1.44 bits per heavy atom. The Hall–Kier alpha value is -2.26. The van der Waals surface area contributed by atoms with Crippen molar-refractivity contribution in [3.8, 4) is 5.95 Å². The van der Waals surface area contributed by atoms with Gasteiger partial charge < -0.3 is 10.0 Å². The predicted molar refractivity (Wildman–Crippen MR) is 65.1 cm³/mol. The number of nitrogens with zero attached hydrogens (tertiary/aromatic N) is 6. The van der Waals surface area contributed by atoms with Gasteiger partial charge in [0.2, 0.25) is 11.9 Å². The molecule has 2 heterocycles. The molecule has 2 aromatic heterocycles. The zero-order valence-corrected chi connectivity index (χ0v) is 9.85. The Bertz CT molecular complexity index is 499. The van der Waals surface area contributed by atoms with E-state index in [2.05, 4.69) is 25.5 Å². The minimum absolute atomic E-state index is 0.00464. The summed E-state index contributed by atoms with van der Waals surface area (Å²) in [5.41, 5.74) is 2.37. The molecule has 0 unspecified atom stereocenters. The molecule has 9 nitrogen and oxygen atoms in total. The molecular formula is C9H14N8O. The summed E-state index contributed by atoms with van der Waals surface area (Å²) in [7, 11) is 1.76. The molecule has 96 valence electrons. The van der Waals surface area contributed by atoms with Crippen LogP contribution in [0.4, 0.5) is 11.9 Å². The fourth-order valence-corrected chi connectivity index (χ4v) is 1.33. The summed E-state index contributed by atoms with van der Waals surface area (Å²) in [4.78, 5) is 14.1. The van der Waals surface area contributed by atoms with Crippen LogP contribution in [0, 0.1) is 0 Å². The molecule has 0 saturated heterocycles. The van der Waals surface area contributed by atoms with Crippen molar-refractivity contribution in [2.24, 2.45) is 5.84 Å². The van der Waals surface area contributed by atoms with Gasteiger partial charge in [-0.1, -0.05) is 0 Å². The quantitative estimate of drug-likeness (QED) is 0.446. The van der Waals surface area contributed by atoms with Crippen LogP contribution in [0.3, 0.4) is 0 Å². The van der Waals surface area contributed by atoms with E-state index in [-0.39, 0.29) is 12.6 Å². The van der Waals surface area contributed by atoms with Gasteiger partial charge in [-0.15, -0.1) is 0 Å². The third-order valence-corrected chi connectivity index (χ3v) is 2.23. The summed E-state index contributed by atoms with van der Waals surface area (Å²) in [6.07, 6.45) is 3.34. The van der Waals surface area contributed by atoms with Crippen LogP contribution in [-0.4, -0.2) is 50.0 Å². The van der Waals surface area contributed by atoms with E-state index < -0.39 is 0 Å². The molecule has 2 aromatic rings. The topological polar surface area (TPSA) is 118 Å². The number of aliphatic hydroxyl groups is 1. The van der Waals surface area contributed by atoms with Crippen molar-refractivity contribution in [2.75, 3.05) is 30.5 Å². The smallest absolute Gasteiger partial charge is 0.257 e. The van der Waals surface area contributed by atoms with Crippen LogP contribution in [0.25, 0.3) is 5.95 Å². The maximum Gasteiger partial charge on any atom is 0.257 e. The lowest BCUT2D eigenvalue weighted by molar-refractivity contribution is 0.303. The number of aromatic nitrogens is 5. The Morgan fingerprint density at radius 3 is 2.89 bits per heavy atom. The largest absolute Gasteiger partial charge is 0.395 e. The number of hydrazine groups is 1. The SMILES string of the molecule is CN(CCO)c1nc(NN)nc(-n2cccn2)n1. The molecule has 9 heteroatoms. The molecular weight excluding hydrogens is 236 g/mol. The summed E-state index contributed by atoms with van der Waals surface area (Å²) in [6, 6.07) is 1.76. The van der Waals surface area contributed by atoms with Gasteiger partial charge in [0, 0.05) is 26.0 Å². The van der Waals surface area contributed by atoms with Crippen LogP contribution in [0.15, 0.2) is 18.5 Å². The van der Waals surface area contributed by atoms with Crippen molar-refractivity contribution in [3.63, 3.8) is 0 Å². The number of hydrogen-bond acceptors (Lipinski definition) is 8. The summed E-state index contributed by atoms with van der Waals surface area (Å²) in [5.74, 6) is 6.30. The highest BCUT2D eigenvalue weighted by Gasteiger charge is 2.10. The lowest BCUT2D eigenvalue weighted by Crippen LogP contribution is -2.25. The van der Waals surface area contributed by atoms with Gasteiger partial charge in [-0.2, -0.15) is 20.1 Å². The zero-order chi connectivity index (χ0) is 13.0. The monoisotopic (exact) mass is 250 g/mol. The van der Waals surface area contributed by atoms with Crippen molar-refractivity contribution >= 4 is 11.9 Å². The van der Waals surface area contributed by atoms with Gasteiger partial charge in [0.05, 0.1) is 6.61 Å². The van der Waals surface area contributed by atoms with Crippen LogP contribution >= 0.6 is 0 Å². The fourth-order valence-electron chi connectivity index (χ4n) is 1.33. The normalized spacial score (nSPS) is 10.4. The molecule has 0 amide bonds. The molecule has 0 saturated carbocycles. The van der Waals surface area contributed by atoms with Crippen LogP contribution < -0.4 is 16.2 Å². The predicted octanol–water partition coefficient (Wildman–Crippen LogP) is -1.23. The van der Waals surface area contributed by atoms with Crippen molar-refractivity contribution < 1.29 is 5.11 Å². The Morgan fingerprint density at radius 2 is 2.28 bits per heavy atom. The first-order valence-electron chi connectivity index (χ1n) is 5.29. The summed E-state index contributed by atoms with van der Waals surface area (Å²) in [6.45, 7) is 0.414. The number of likely N-dealkylation sites (N-methyl/N-ethyl adjacent to an activating group) is 1. The van der Waals surface area contributed by atoms with Crippen LogP contribution in [0.5, 0.6) is 0 Å². The van der Waals surface area contributed by atoms with Gasteiger partial charge in [0.15, 0.2) is 0 Å². The molecule has 0 radical (unpaired) electrons. The Labute approximate surface area is 103 Å². The number of rotatable bonds is 5. The van der Waals surface area contributed by atoms with E-state index in [4.69, 9.17) is 10.9 Å². The highest BCUT2D eigenvalue weighted by molar-refractivity contribution is 5.38. The molecule has 0 bridgehead atoms. The van der Waals surface area contributed by atoms with Gasteiger partial charge in [0.25, 0.3) is 5.95 Å². The number of nitrogens with one attached hydrogen (secondary N) is 1. The minimum atomic E-state index is 0.00464. The second-order valence-corrected chi connectivity index (χ2v) is 3.50. The van der Waals surface area contributed by atoms with Crippen LogP contribution in [-0.2, 0) is 0 Å². The van der Waals surface area contributed by atoms with Gasteiger partial charge in [-0.25, -0.2) is 10.5 Å². The van der Waals surface area contributed by atoms with Gasteiger partial charge in [-0.05, 0) is 6.07 Å². The first-order valence-corrected chi connectivity index (χ1v) is 5.29. The molecule has 0 aliphatic rings. The molecule has 0 aliphatic heterocycles. The number of anilines is 2. The fraction of sp³-hybridized carbons (Fsp3) is 0.333. The molecule has 0 aromatic carbocycles. The number of nitrogen functional groups attached to an aromatic ring is 1. The van der Waals surface area contributed by atoms with Crippen LogP contribution in [0.2, 0.25) is 0 Å². The average molecular weight is 250 g/mol. The Kier molecular flexibility index (Phi) is 3.65. The maximum absolute atomic E-state index is 8.91. The number of aliphatic hydroxyl groups excluding tert-OH is 1. The first-order chi connectivity index (χ1) is 8.74. The molecule has 2 rings (SSSR count). The summed E-state index contributed by atoms with van der Waals surface area (Å²) in [5, 5.41) is 12.9. The van der Waals surface area contributed by atoms with Crippen molar-refractivity contribution in [3.05, 3.63) is 18.5 Å². The van der Waals surface area contributed by atoms with Gasteiger partial charge >= 0.3 is 0 Å². The second kappa shape index (κ2) is 5.38. The molecule has 0 fully saturated rings.